The first-order valence-corrected chi connectivity index (χ1v) is 7.56. The highest BCUT2D eigenvalue weighted by Gasteiger charge is 2.44. The van der Waals surface area contributed by atoms with Crippen molar-refractivity contribution in [3.05, 3.63) is 29.6 Å². The van der Waals surface area contributed by atoms with Crippen LogP contribution < -0.4 is 11.1 Å². The summed E-state index contributed by atoms with van der Waals surface area (Å²) in [4.78, 5) is 12.6. The van der Waals surface area contributed by atoms with E-state index in [2.05, 4.69) is 26.1 Å². The Hall–Kier alpha value is -1.42. The Morgan fingerprint density at radius 3 is 2.67 bits per heavy atom. The molecule has 1 fully saturated rings. The predicted octanol–water partition coefficient (Wildman–Crippen LogP) is 3.47. The number of nitrogens with one attached hydrogen (secondary N) is 1. The van der Waals surface area contributed by atoms with Crippen LogP contribution in [0.4, 0.5) is 10.1 Å². The minimum absolute atomic E-state index is 0.00441. The molecule has 1 aromatic rings. The molecule has 1 aliphatic rings. The van der Waals surface area contributed by atoms with E-state index >= 15 is 0 Å². The maximum atomic E-state index is 13.3. The molecule has 3 unspecified atom stereocenters. The van der Waals surface area contributed by atoms with Gasteiger partial charge in [0.25, 0.3) is 0 Å². The van der Waals surface area contributed by atoms with Gasteiger partial charge in [-0.2, -0.15) is 0 Å². The zero-order chi connectivity index (χ0) is 15.8. The van der Waals surface area contributed by atoms with Gasteiger partial charge in [0.2, 0.25) is 5.91 Å². The summed E-state index contributed by atoms with van der Waals surface area (Å²) in [7, 11) is 0. The lowest BCUT2D eigenvalue weighted by atomic mass is 9.61. The fourth-order valence-electron chi connectivity index (χ4n) is 3.27. The molecule has 1 aliphatic carbocycles. The third-order valence-electron chi connectivity index (χ3n) is 5.24. The van der Waals surface area contributed by atoms with Gasteiger partial charge < -0.3 is 11.1 Å². The van der Waals surface area contributed by atoms with Gasteiger partial charge in [0.15, 0.2) is 0 Å². The summed E-state index contributed by atoms with van der Waals surface area (Å²) >= 11 is 0. The molecule has 0 radical (unpaired) electrons. The maximum Gasteiger partial charge on any atom is 0.228 e. The number of aryl methyl sites for hydroxylation is 1. The largest absolute Gasteiger partial charge is 0.327 e. The lowest BCUT2D eigenvalue weighted by Crippen LogP contribution is -2.50. The molecule has 0 spiro atoms. The molecule has 1 saturated carbocycles. The molecule has 0 aromatic heterocycles. The number of carbonyl (C=O) groups excluding carboxylic acids is 1. The Bertz CT molecular complexity index is 542. The zero-order valence-electron chi connectivity index (χ0n) is 13.2. The van der Waals surface area contributed by atoms with Gasteiger partial charge in [-0.15, -0.1) is 0 Å². The summed E-state index contributed by atoms with van der Waals surface area (Å²) in [6, 6.07) is 4.80. The van der Waals surface area contributed by atoms with Gasteiger partial charge in [-0.05, 0) is 54.9 Å². The average Bonchev–Trinajstić information content (AvgIpc) is 2.40. The number of rotatable bonds is 2. The standard InChI is InChI=1S/C17H25FN2O/c1-10-9-12(5-7-14(10)18)20-16(21)13-6-8-15(19)11(2)17(13,3)4/h5,7,9,11,13,15H,6,8,19H2,1-4H3,(H,20,21). The third-order valence-corrected chi connectivity index (χ3v) is 5.24. The number of nitrogens with two attached hydrogens (primary N) is 1. The van der Waals surface area contributed by atoms with E-state index in [0.29, 0.717) is 11.3 Å². The molecule has 0 aliphatic heterocycles. The quantitative estimate of drug-likeness (QED) is 0.877. The molecular formula is C17H25FN2O. The second-order valence-electron chi connectivity index (χ2n) is 6.86. The van der Waals surface area contributed by atoms with Crippen LogP contribution in [0, 0.1) is 30.0 Å². The first-order valence-electron chi connectivity index (χ1n) is 7.56. The van der Waals surface area contributed by atoms with E-state index < -0.39 is 0 Å². The van der Waals surface area contributed by atoms with Crippen molar-refractivity contribution in [3.8, 4) is 0 Å². The Morgan fingerprint density at radius 1 is 1.38 bits per heavy atom. The first kappa shape index (κ1) is 16.0. The summed E-state index contributed by atoms with van der Waals surface area (Å²) in [6.45, 7) is 8.02. The van der Waals surface area contributed by atoms with E-state index in [4.69, 9.17) is 5.73 Å². The SMILES string of the molecule is Cc1cc(NC(=O)C2CCC(N)C(C)C2(C)C)ccc1F. The van der Waals surface area contributed by atoms with E-state index in [-0.39, 0.29) is 35.0 Å². The smallest absolute Gasteiger partial charge is 0.228 e. The van der Waals surface area contributed by atoms with Crippen LogP contribution in [0.15, 0.2) is 18.2 Å². The van der Waals surface area contributed by atoms with Crippen molar-refractivity contribution in [3.63, 3.8) is 0 Å². The van der Waals surface area contributed by atoms with Crippen molar-refractivity contribution in [2.45, 2.75) is 46.6 Å². The minimum atomic E-state index is -0.259. The number of benzene rings is 1. The molecular weight excluding hydrogens is 267 g/mol. The molecule has 3 nitrogen and oxygen atoms in total. The Morgan fingerprint density at radius 2 is 2.05 bits per heavy atom. The van der Waals surface area contributed by atoms with Crippen molar-refractivity contribution in [2.75, 3.05) is 5.32 Å². The fraction of sp³-hybridized carbons (Fsp3) is 0.588. The topological polar surface area (TPSA) is 55.1 Å². The van der Waals surface area contributed by atoms with Crippen LogP contribution in [0.1, 0.15) is 39.2 Å². The highest BCUT2D eigenvalue weighted by atomic mass is 19.1. The number of carbonyl (C=O) groups is 1. The molecule has 0 bridgehead atoms. The number of anilines is 1. The molecule has 3 atom stereocenters. The molecule has 3 N–H and O–H groups in total. The van der Waals surface area contributed by atoms with E-state index in [1.54, 1.807) is 19.1 Å². The molecule has 1 aromatic carbocycles. The number of hydrogen-bond acceptors (Lipinski definition) is 2. The molecule has 4 heteroatoms. The van der Waals surface area contributed by atoms with Gasteiger partial charge in [-0.3, -0.25) is 4.79 Å². The van der Waals surface area contributed by atoms with Crippen LogP contribution in [0.3, 0.4) is 0 Å². The van der Waals surface area contributed by atoms with Crippen LogP contribution in [-0.4, -0.2) is 11.9 Å². The van der Waals surface area contributed by atoms with Gasteiger partial charge in [0.05, 0.1) is 0 Å². The summed E-state index contributed by atoms with van der Waals surface area (Å²) in [5, 5.41) is 2.92. The molecule has 1 amide bonds. The van der Waals surface area contributed by atoms with E-state index in [1.165, 1.54) is 6.07 Å². The average molecular weight is 292 g/mol. The zero-order valence-corrected chi connectivity index (χ0v) is 13.2. The van der Waals surface area contributed by atoms with Crippen molar-refractivity contribution < 1.29 is 9.18 Å². The summed E-state index contributed by atoms with van der Waals surface area (Å²) < 4.78 is 13.3. The maximum absolute atomic E-state index is 13.3. The van der Waals surface area contributed by atoms with Crippen molar-refractivity contribution in [2.24, 2.45) is 23.0 Å². The second-order valence-corrected chi connectivity index (χ2v) is 6.86. The summed E-state index contributed by atoms with van der Waals surface area (Å²) in [5.41, 5.74) is 7.17. The van der Waals surface area contributed by atoms with Gasteiger partial charge >= 0.3 is 0 Å². The summed E-state index contributed by atoms with van der Waals surface area (Å²) in [5.74, 6) is -0.0371. The summed E-state index contributed by atoms with van der Waals surface area (Å²) in [6.07, 6.45) is 1.66. The molecule has 116 valence electrons. The highest BCUT2D eigenvalue weighted by Crippen LogP contribution is 2.44. The second kappa shape index (κ2) is 5.76. The predicted molar refractivity (Wildman–Crippen MR) is 83.4 cm³/mol. The number of amides is 1. The Labute approximate surface area is 126 Å². The van der Waals surface area contributed by atoms with Crippen LogP contribution >= 0.6 is 0 Å². The minimum Gasteiger partial charge on any atom is -0.327 e. The number of hydrogen-bond donors (Lipinski definition) is 2. The van der Waals surface area contributed by atoms with E-state index in [0.717, 1.165) is 12.8 Å². The van der Waals surface area contributed by atoms with E-state index in [1.807, 2.05) is 0 Å². The van der Waals surface area contributed by atoms with Crippen LogP contribution in [-0.2, 0) is 4.79 Å². The monoisotopic (exact) mass is 292 g/mol. The lowest BCUT2D eigenvalue weighted by molar-refractivity contribution is -0.127. The van der Waals surface area contributed by atoms with Crippen LogP contribution in [0.5, 0.6) is 0 Å². The molecule has 21 heavy (non-hydrogen) atoms. The van der Waals surface area contributed by atoms with Crippen molar-refractivity contribution in [1.29, 1.82) is 0 Å². The van der Waals surface area contributed by atoms with Gasteiger partial charge in [0.1, 0.15) is 5.82 Å². The van der Waals surface area contributed by atoms with E-state index in [9.17, 15) is 9.18 Å². The number of halogens is 1. The van der Waals surface area contributed by atoms with Crippen molar-refractivity contribution in [1.82, 2.24) is 0 Å². The molecule has 0 saturated heterocycles. The lowest BCUT2D eigenvalue weighted by Gasteiger charge is -2.46. The third kappa shape index (κ3) is 3.10. The van der Waals surface area contributed by atoms with Gasteiger partial charge in [0, 0.05) is 17.6 Å². The highest BCUT2D eigenvalue weighted by molar-refractivity contribution is 5.93. The normalized spacial score (nSPS) is 28.2. The van der Waals surface area contributed by atoms with Crippen LogP contribution in [0.25, 0.3) is 0 Å². The fourth-order valence-corrected chi connectivity index (χ4v) is 3.27. The Balaban J connectivity index is 2.14. The molecule has 2 rings (SSSR count). The van der Waals surface area contributed by atoms with Crippen molar-refractivity contribution >= 4 is 11.6 Å². The van der Waals surface area contributed by atoms with Gasteiger partial charge in [-0.1, -0.05) is 20.8 Å². The molecule has 0 heterocycles. The van der Waals surface area contributed by atoms with Crippen LogP contribution in [0.2, 0.25) is 0 Å². The van der Waals surface area contributed by atoms with Gasteiger partial charge in [-0.25, -0.2) is 4.39 Å². The first-order chi connectivity index (χ1) is 9.73. The Kier molecular flexibility index (Phi) is 4.38.